The maximum atomic E-state index is 12.2. The molecule has 1 saturated carbocycles. The zero-order valence-corrected chi connectivity index (χ0v) is 18.4. The predicted octanol–water partition coefficient (Wildman–Crippen LogP) is 3.68. The number of pyridine rings is 2. The molecule has 3 aromatic heterocycles. The number of anilines is 2. The molecule has 8 heteroatoms. The van der Waals surface area contributed by atoms with Crippen LogP contribution in [0.3, 0.4) is 0 Å². The minimum atomic E-state index is -0.113. The Morgan fingerprint density at radius 2 is 1.88 bits per heavy atom. The highest BCUT2D eigenvalue weighted by Crippen LogP contribution is 2.26. The molecular formula is C25H25N7O. The molecule has 0 aliphatic heterocycles. The van der Waals surface area contributed by atoms with Gasteiger partial charge in [0.1, 0.15) is 18.0 Å². The van der Waals surface area contributed by atoms with Gasteiger partial charge in [0.2, 0.25) is 0 Å². The van der Waals surface area contributed by atoms with Crippen LogP contribution in [-0.4, -0.2) is 45.5 Å². The highest BCUT2D eigenvalue weighted by molar-refractivity contribution is 6.06. The van der Waals surface area contributed by atoms with Gasteiger partial charge >= 0.3 is 0 Å². The molecule has 0 spiro atoms. The molecule has 166 valence electrons. The van der Waals surface area contributed by atoms with Crippen molar-refractivity contribution < 1.29 is 4.79 Å². The second-order valence-corrected chi connectivity index (χ2v) is 8.06. The van der Waals surface area contributed by atoms with Gasteiger partial charge in [0.25, 0.3) is 5.91 Å². The lowest BCUT2D eigenvalue weighted by atomic mass is 10.0. The summed E-state index contributed by atoms with van der Waals surface area (Å²) in [5.41, 5.74) is 4.39. The zero-order chi connectivity index (χ0) is 22.6. The summed E-state index contributed by atoms with van der Waals surface area (Å²) in [6, 6.07) is 14.2. The van der Waals surface area contributed by atoms with Crippen LogP contribution < -0.4 is 16.0 Å². The molecule has 0 bridgehead atoms. The second-order valence-electron chi connectivity index (χ2n) is 8.06. The lowest BCUT2D eigenvalue weighted by Crippen LogP contribution is -2.18. The van der Waals surface area contributed by atoms with E-state index in [9.17, 15) is 4.79 Å². The van der Waals surface area contributed by atoms with Crippen molar-refractivity contribution in [2.45, 2.75) is 25.3 Å². The third-order valence-electron chi connectivity index (χ3n) is 5.68. The number of rotatable bonds is 8. The van der Waals surface area contributed by atoms with Crippen LogP contribution in [0.4, 0.5) is 11.6 Å². The molecule has 5 rings (SSSR count). The summed E-state index contributed by atoms with van der Waals surface area (Å²) in [7, 11) is 1.63. The first-order valence-corrected chi connectivity index (χ1v) is 11.1. The summed E-state index contributed by atoms with van der Waals surface area (Å²) >= 11 is 0. The van der Waals surface area contributed by atoms with Gasteiger partial charge in [-0.3, -0.25) is 9.78 Å². The molecule has 8 nitrogen and oxygen atoms in total. The predicted molar refractivity (Wildman–Crippen MR) is 129 cm³/mol. The number of para-hydroxylation sites is 1. The third kappa shape index (κ3) is 4.74. The molecule has 0 saturated heterocycles. The monoisotopic (exact) mass is 439 g/mol. The van der Waals surface area contributed by atoms with Crippen molar-refractivity contribution in [3.8, 4) is 11.3 Å². The van der Waals surface area contributed by atoms with E-state index < -0.39 is 0 Å². The van der Waals surface area contributed by atoms with Crippen LogP contribution >= 0.6 is 0 Å². The number of carbonyl (C=O) groups excluding carboxylic acids is 1. The van der Waals surface area contributed by atoms with Crippen LogP contribution in [0.5, 0.6) is 0 Å². The molecule has 4 aromatic rings. The molecule has 1 aliphatic carbocycles. The van der Waals surface area contributed by atoms with Gasteiger partial charge in [-0.2, -0.15) is 0 Å². The Balaban J connectivity index is 1.29. The molecule has 33 heavy (non-hydrogen) atoms. The van der Waals surface area contributed by atoms with Gasteiger partial charge in [0.05, 0.1) is 16.8 Å². The van der Waals surface area contributed by atoms with Crippen LogP contribution in [0.1, 0.15) is 28.8 Å². The highest BCUT2D eigenvalue weighted by Gasteiger charge is 2.21. The molecule has 0 atom stereocenters. The van der Waals surface area contributed by atoms with Crippen LogP contribution in [-0.2, 0) is 6.42 Å². The average molecular weight is 440 g/mol. The van der Waals surface area contributed by atoms with Crippen molar-refractivity contribution in [1.82, 2.24) is 25.3 Å². The number of carbonyl (C=O) groups is 1. The van der Waals surface area contributed by atoms with E-state index in [-0.39, 0.29) is 5.91 Å². The SMILES string of the molecule is CNC(=O)c1ccnc2c(CCNc3cc(-c4ccnc(NC5CC5)c4)ncn3)cccc12. The fourth-order valence-corrected chi connectivity index (χ4v) is 3.81. The number of hydrogen-bond donors (Lipinski definition) is 3. The maximum Gasteiger partial charge on any atom is 0.251 e. The summed E-state index contributed by atoms with van der Waals surface area (Å²) in [5, 5.41) is 10.3. The Morgan fingerprint density at radius 3 is 2.73 bits per heavy atom. The summed E-state index contributed by atoms with van der Waals surface area (Å²) in [5.74, 6) is 1.52. The molecule has 1 amide bonds. The van der Waals surface area contributed by atoms with Crippen molar-refractivity contribution >= 4 is 28.4 Å². The second kappa shape index (κ2) is 9.20. The van der Waals surface area contributed by atoms with Crippen LogP contribution in [0, 0.1) is 0 Å². The number of nitrogens with one attached hydrogen (secondary N) is 3. The van der Waals surface area contributed by atoms with E-state index >= 15 is 0 Å². The molecule has 0 unspecified atom stereocenters. The normalized spacial score (nSPS) is 13.0. The third-order valence-corrected chi connectivity index (χ3v) is 5.68. The Bertz CT molecular complexity index is 1300. The fourth-order valence-electron chi connectivity index (χ4n) is 3.81. The number of nitrogens with zero attached hydrogens (tertiary/aromatic N) is 4. The standard InChI is InChI=1S/C25H25N7O/c1-26-25(33)20-9-12-29-24-16(3-2-4-19(20)24)7-10-27-22-14-21(30-15-31-22)17-8-11-28-23(13-17)32-18-5-6-18/h2-4,8-9,11-15,18H,5-7,10H2,1H3,(H,26,33)(H,28,32)(H,27,30,31). The Morgan fingerprint density at radius 1 is 1.00 bits per heavy atom. The van der Waals surface area contributed by atoms with E-state index in [1.54, 1.807) is 31.8 Å². The number of benzene rings is 1. The molecule has 3 heterocycles. The quantitative estimate of drug-likeness (QED) is 0.385. The number of amides is 1. The van der Waals surface area contributed by atoms with Crippen LogP contribution in [0.2, 0.25) is 0 Å². The zero-order valence-electron chi connectivity index (χ0n) is 18.4. The van der Waals surface area contributed by atoms with Gasteiger partial charge in [-0.1, -0.05) is 18.2 Å². The molecule has 0 radical (unpaired) electrons. The van der Waals surface area contributed by atoms with E-state index in [2.05, 4.69) is 35.9 Å². The van der Waals surface area contributed by atoms with E-state index in [0.717, 1.165) is 45.8 Å². The van der Waals surface area contributed by atoms with Gasteiger partial charge in [0.15, 0.2) is 0 Å². The van der Waals surface area contributed by atoms with Crippen molar-refractivity contribution in [3.63, 3.8) is 0 Å². The number of fused-ring (bicyclic) bond motifs is 1. The van der Waals surface area contributed by atoms with E-state index in [1.807, 2.05) is 36.4 Å². The van der Waals surface area contributed by atoms with Crippen molar-refractivity contribution in [1.29, 1.82) is 0 Å². The molecule has 1 fully saturated rings. The maximum absolute atomic E-state index is 12.2. The minimum absolute atomic E-state index is 0.113. The van der Waals surface area contributed by atoms with Crippen LogP contribution in [0.25, 0.3) is 22.2 Å². The number of aromatic nitrogens is 4. The minimum Gasteiger partial charge on any atom is -0.370 e. The average Bonchev–Trinajstić information content (AvgIpc) is 3.68. The molecule has 1 aliphatic rings. The molecule has 3 N–H and O–H groups in total. The fraction of sp³-hybridized carbons (Fsp3) is 0.240. The van der Waals surface area contributed by atoms with Gasteiger partial charge in [0, 0.05) is 49.0 Å². The van der Waals surface area contributed by atoms with Crippen molar-refractivity contribution in [3.05, 3.63) is 72.3 Å². The first-order chi connectivity index (χ1) is 16.2. The van der Waals surface area contributed by atoms with Gasteiger partial charge in [-0.05, 0) is 43.0 Å². The lowest BCUT2D eigenvalue weighted by molar-refractivity contribution is 0.0964. The summed E-state index contributed by atoms with van der Waals surface area (Å²) in [6.07, 6.45) is 8.20. The van der Waals surface area contributed by atoms with Crippen LogP contribution in [0.15, 0.2) is 61.2 Å². The van der Waals surface area contributed by atoms with Crippen molar-refractivity contribution in [2.24, 2.45) is 0 Å². The van der Waals surface area contributed by atoms with Gasteiger partial charge < -0.3 is 16.0 Å². The highest BCUT2D eigenvalue weighted by atomic mass is 16.1. The Hall–Kier alpha value is -4.07. The molecular weight excluding hydrogens is 414 g/mol. The van der Waals surface area contributed by atoms with E-state index in [0.29, 0.717) is 18.2 Å². The van der Waals surface area contributed by atoms with Gasteiger partial charge in [-0.25, -0.2) is 15.0 Å². The van der Waals surface area contributed by atoms with E-state index in [1.165, 1.54) is 12.8 Å². The largest absolute Gasteiger partial charge is 0.370 e. The van der Waals surface area contributed by atoms with Crippen molar-refractivity contribution in [2.75, 3.05) is 24.2 Å². The summed E-state index contributed by atoms with van der Waals surface area (Å²) in [4.78, 5) is 29.9. The first-order valence-electron chi connectivity index (χ1n) is 11.1. The lowest BCUT2D eigenvalue weighted by Gasteiger charge is -2.11. The molecule has 1 aromatic carbocycles. The van der Waals surface area contributed by atoms with E-state index in [4.69, 9.17) is 0 Å². The van der Waals surface area contributed by atoms with Gasteiger partial charge in [-0.15, -0.1) is 0 Å². The first kappa shape index (κ1) is 20.8. The summed E-state index contributed by atoms with van der Waals surface area (Å²) in [6.45, 7) is 0.673. The number of hydrogen-bond acceptors (Lipinski definition) is 7. The Labute approximate surface area is 191 Å². The smallest absolute Gasteiger partial charge is 0.251 e. The topological polar surface area (TPSA) is 105 Å². The summed E-state index contributed by atoms with van der Waals surface area (Å²) < 4.78 is 0. The Kier molecular flexibility index (Phi) is 5.80.